The highest BCUT2D eigenvalue weighted by Crippen LogP contribution is 2.31. The Morgan fingerprint density at radius 3 is 2.86 bits per heavy atom. The number of nitrogens with zero attached hydrogens (tertiary/aromatic N) is 1. The van der Waals surface area contributed by atoms with Gasteiger partial charge in [-0.25, -0.2) is 4.79 Å². The molecule has 0 bridgehead atoms. The molecule has 0 unspecified atom stereocenters. The minimum atomic E-state index is -0.793. The van der Waals surface area contributed by atoms with E-state index < -0.39 is 5.60 Å². The van der Waals surface area contributed by atoms with Crippen molar-refractivity contribution in [2.75, 3.05) is 11.9 Å². The summed E-state index contributed by atoms with van der Waals surface area (Å²) in [5.74, 6) is 0.646. The van der Waals surface area contributed by atoms with Crippen LogP contribution in [0, 0.1) is 17.2 Å². The summed E-state index contributed by atoms with van der Waals surface area (Å²) in [6, 6.07) is 8.37. The first kappa shape index (κ1) is 15.3. The van der Waals surface area contributed by atoms with Gasteiger partial charge in [0.1, 0.15) is 0 Å². The Morgan fingerprint density at radius 1 is 1.48 bits per heavy atom. The largest absolute Gasteiger partial charge is 0.388 e. The van der Waals surface area contributed by atoms with Crippen molar-refractivity contribution >= 4 is 11.7 Å². The molecule has 1 aliphatic carbocycles. The number of carbonyl (C=O) groups is 1. The summed E-state index contributed by atoms with van der Waals surface area (Å²) in [5.41, 5.74) is 0.265. The van der Waals surface area contributed by atoms with Gasteiger partial charge in [-0.05, 0) is 49.8 Å². The van der Waals surface area contributed by atoms with Crippen LogP contribution in [0.4, 0.5) is 10.5 Å². The molecule has 2 amide bonds. The maximum absolute atomic E-state index is 11.8. The van der Waals surface area contributed by atoms with Gasteiger partial charge in [0.15, 0.2) is 0 Å². The van der Waals surface area contributed by atoms with E-state index >= 15 is 0 Å². The smallest absolute Gasteiger partial charge is 0.319 e. The van der Waals surface area contributed by atoms with Gasteiger partial charge in [-0.1, -0.05) is 13.0 Å². The lowest BCUT2D eigenvalue weighted by Crippen LogP contribution is -2.46. The quantitative estimate of drug-likeness (QED) is 0.799. The predicted molar refractivity (Wildman–Crippen MR) is 80.8 cm³/mol. The standard InChI is InChI=1S/C16H21N3O2/c1-12-5-7-16(21,8-6-12)11-18-15(20)19-14-4-2-3-13(9-14)10-17/h2-4,9,12,21H,5-8,11H2,1H3,(H2,18,19,20). The highest BCUT2D eigenvalue weighted by molar-refractivity contribution is 5.89. The Bertz CT molecular complexity index is 543. The zero-order chi connectivity index (χ0) is 15.3. The topological polar surface area (TPSA) is 85.2 Å². The number of anilines is 1. The van der Waals surface area contributed by atoms with Gasteiger partial charge in [-0.2, -0.15) is 5.26 Å². The second-order valence-electron chi connectivity index (χ2n) is 5.91. The second kappa shape index (κ2) is 6.59. The molecule has 2 rings (SSSR count). The van der Waals surface area contributed by atoms with E-state index in [-0.39, 0.29) is 12.6 Å². The Kier molecular flexibility index (Phi) is 4.81. The van der Waals surface area contributed by atoms with Crippen LogP contribution in [0.3, 0.4) is 0 Å². The normalized spacial score (nSPS) is 24.9. The van der Waals surface area contributed by atoms with Gasteiger partial charge in [0.2, 0.25) is 0 Å². The van der Waals surface area contributed by atoms with E-state index in [1.165, 1.54) is 0 Å². The molecule has 0 spiro atoms. The van der Waals surface area contributed by atoms with Gasteiger partial charge < -0.3 is 15.7 Å². The molecule has 0 aromatic heterocycles. The van der Waals surface area contributed by atoms with E-state index in [1.807, 2.05) is 6.07 Å². The molecule has 5 heteroatoms. The summed E-state index contributed by atoms with van der Waals surface area (Å²) in [5, 5.41) is 24.6. The van der Waals surface area contributed by atoms with Crippen molar-refractivity contribution in [1.82, 2.24) is 5.32 Å². The lowest BCUT2D eigenvalue weighted by Gasteiger charge is -2.34. The average Bonchev–Trinajstić information content (AvgIpc) is 2.49. The highest BCUT2D eigenvalue weighted by atomic mass is 16.3. The Hall–Kier alpha value is -2.06. The Balaban J connectivity index is 1.83. The molecule has 1 aliphatic rings. The van der Waals surface area contributed by atoms with Crippen LogP contribution in [0.1, 0.15) is 38.2 Å². The molecule has 0 heterocycles. The van der Waals surface area contributed by atoms with E-state index in [0.717, 1.165) is 25.7 Å². The second-order valence-corrected chi connectivity index (χ2v) is 5.91. The molecular weight excluding hydrogens is 266 g/mol. The number of hydrogen-bond donors (Lipinski definition) is 3. The fourth-order valence-corrected chi connectivity index (χ4v) is 2.56. The number of benzene rings is 1. The summed E-state index contributed by atoms with van der Waals surface area (Å²) in [6.07, 6.45) is 3.42. The Morgan fingerprint density at radius 2 is 2.19 bits per heavy atom. The molecule has 1 fully saturated rings. The molecule has 1 saturated carbocycles. The lowest BCUT2D eigenvalue weighted by atomic mass is 9.79. The summed E-state index contributed by atoms with van der Waals surface area (Å²) >= 11 is 0. The summed E-state index contributed by atoms with van der Waals surface area (Å²) < 4.78 is 0. The number of amides is 2. The molecule has 112 valence electrons. The Labute approximate surface area is 125 Å². The van der Waals surface area contributed by atoms with Crippen LogP contribution in [0.5, 0.6) is 0 Å². The van der Waals surface area contributed by atoms with Crippen molar-refractivity contribution in [3.05, 3.63) is 29.8 Å². The van der Waals surface area contributed by atoms with Crippen LogP contribution in [-0.2, 0) is 0 Å². The van der Waals surface area contributed by atoms with Crippen LogP contribution in [-0.4, -0.2) is 23.3 Å². The van der Waals surface area contributed by atoms with Gasteiger partial charge in [0.25, 0.3) is 0 Å². The first-order chi connectivity index (χ1) is 10.0. The van der Waals surface area contributed by atoms with Crippen molar-refractivity contribution in [3.8, 4) is 6.07 Å². The van der Waals surface area contributed by atoms with Crippen LogP contribution < -0.4 is 10.6 Å². The molecule has 0 aliphatic heterocycles. The lowest BCUT2D eigenvalue weighted by molar-refractivity contribution is -0.00356. The number of carbonyl (C=O) groups excluding carboxylic acids is 1. The molecule has 1 aromatic carbocycles. The van der Waals surface area contributed by atoms with Gasteiger partial charge in [0, 0.05) is 12.2 Å². The van der Waals surface area contributed by atoms with Gasteiger partial charge in [-0.3, -0.25) is 0 Å². The number of nitriles is 1. The van der Waals surface area contributed by atoms with Gasteiger partial charge in [-0.15, -0.1) is 0 Å². The highest BCUT2D eigenvalue weighted by Gasteiger charge is 2.31. The summed E-state index contributed by atoms with van der Waals surface area (Å²) in [4.78, 5) is 11.8. The van der Waals surface area contributed by atoms with E-state index in [1.54, 1.807) is 24.3 Å². The maximum Gasteiger partial charge on any atom is 0.319 e. The van der Waals surface area contributed by atoms with Gasteiger partial charge >= 0.3 is 6.03 Å². The van der Waals surface area contributed by atoms with Crippen molar-refractivity contribution in [2.24, 2.45) is 5.92 Å². The average molecular weight is 287 g/mol. The van der Waals surface area contributed by atoms with Crippen molar-refractivity contribution < 1.29 is 9.90 Å². The fourth-order valence-electron chi connectivity index (χ4n) is 2.56. The molecule has 0 saturated heterocycles. The maximum atomic E-state index is 11.8. The van der Waals surface area contributed by atoms with Crippen LogP contribution in [0.25, 0.3) is 0 Å². The van der Waals surface area contributed by atoms with Gasteiger partial charge in [0.05, 0.1) is 17.2 Å². The van der Waals surface area contributed by atoms with Crippen molar-refractivity contribution in [1.29, 1.82) is 5.26 Å². The molecule has 1 aromatic rings. The van der Waals surface area contributed by atoms with Crippen LogP contribution in [0.2, 0.25) is 0 Å². The fraction of sp³-hybridized carbons (Fsp3) is 0.500. The minimum absolute atomic E-state index is 0.253. The number of rotatable bonds is 3. The summed E-state index contributed by atoms with van der Waals surface area (Å²) in [7, 11) is 0. The predicted octanol–water partition coefficient (Wildman–Crippen LogP) is 2.62. The molecule has 5 nitrogen and oxygen atoms in total. The van der Waals surface area contributed by atoms with E-state index in [2.05, 4.69) is 17.6 Å². The zero-order valence-corrected chi connectivity index (χ0v) is 12.2. The third kappa shape index (κ3) is 4.47. The molecule has 0 atom stereocenters. The first-order valence-electron chi connectivity index (χ1n) is 7.28. The molecule has 21 heavy (non-hydrogen) atoms. The van der Waals surface area contributed by atoms with E-state index in [4.69, 9.17) is 5.26 Å². The number of aliphatic hydroxyl groups is 1. The number of nitrogens with one attached hydrogen (secondary N) is 2. The zero-order valence-electron chi connectivity index (χ0n) is 12.2. The minimum Gasteiger partial charge on any atom is -0.388 e. The van der Waals surface area contributed by atoms with Crippen LogP contribution in [0.15, 0.2) is 24.3 Å². The SMILES string of the molecule is CC1CCC(O)(CNC(=O)Nc2cccc(C#N)c2)CC1. The first-order valence-corrected chi connectivity index (χ1v) is 7.28. The molecule has 0 radical (unpaired) electrons. The third-order valence-corrected chi connectivity index (χ3v) is 4.03. The third-order valence-electron chi connectivity index (χ3n) is 4.03. The molecular formula is C16H21N3O2. The summed E-state index contributed by atoms with van der Waals surface area (Å²) in [6.45, 7) is 2.44. The monoisotopic (exact) mass is 287 g/mol. The van der Waals surface area contributed by atoms with Crippen LogP contribution >= 0.6 is 0 Å². The van der Waals surface area contributed by atoms with Crippen molar-refractivity contribution in [3.63, 3.8) is 0 Å². The van der Waals surface area contributed by atoms with Crippen molar-refractivity contribution in [2.45, 2.75) is 38.2 Å². The van der Waals surface area contributed by atoms with E-state index in [9.17, 15) is 9.90 Å². The molecule has 3 N–H and O–H groups in total. The number of hydrogen-bond acceptors (Lipinski definition) is 3. The number of urea groups is 1. The van der Waals surface area contributed by atoms with E-state index in [0.29, 0.717) is 17.2 Å².